The van der Waals surface area contributed by atoms with E-state index in [1.165, 1.54) is 10.9 Å². The van der Waals surface area contributed by atoms with E-state index in [9.17, 15) is 13.2 Å². The largest absolute Gasteiger partial charge is 0.347 e. The number of rotatable bonds is 7. The van der Waals surface area contributed by atoms with E-state index in [2.05, 4.69) is 28.8 Å². The summed E-state index contributed by atoms with van der Waals surface area (Å²) in [5, 5.41) is 5.97. The molecule has 0 aliphatic carbocycles. The molecule has 0 aliphatic rings. The summed E-state index contributed by atoms with van der Waals surface area (Å²) in [5.41, 5.74) is 1.60. The number of anilines is 1. The summed E-state index contributed by atoms with van der Waals surface area (Å²) in [6, 6.07) is 13.5. The number of hydrogen-bond donors (Lipinski definition) is 2. The lowest BCUT2D eigenvalue weighted by atomic mass is 10.0. The summed E-state index contributed by atoms with van der Waals surface area (Å²) in [6.45, 7) is 4.32. The summed E-state index contributed by atoms with van der Waals surface area (Å²) in [6.07, 6.45) is 3.32. The van der Waals surface area contributed by atoms with Crippen LogP contribution < -0.4 is 10.4 Å². The molecule has 0 bridgehead atoms. The van der Waals surface area contributed by atoms with Gasteiger partial charge in [-0.25, -0.2) is 22.9 Å². The van der Waals surface area contributed by atoms with Gasteiger partial charge in [0, 0.05) is 0 Å². The molecule has 1 aromatic heterocycles. The Kier molecular flexibility index (Phi) is 5.46. The van der Waals surface area contributed by atoms with Crippen LogP contribution in [0.4, 0.5) is 5.69 Å². The minimum absolute atomic E-state index is 0.196. The van der Waals surface area contributed by atoms with Crippen molar-refractivity contribution in [3.8, 4) is 5.69 Å². The molecular weight excluding hydrogens is 364 g/mol. The van der Waals surface area contributed by atoms with Crippen LogP contribution >= 0.6 is 0 Å². The molecule has 7 nitrogen and oxygen atoms in total. The Labute approximate surface area is 158 Å². The maximum absolute atomic E-state index is 12.6. The van der Waals surface area contributed by atoms with E-state index in [-0.39, 0.29) is 4.90 Å². The van der Waals surface area contributed by atoms with Gasteiger partial charge in [-0.15, -0.1) is 0 Å². The molecule has 3 aromatic rings. The van der Waals surface area contributed by atoms with E-state index in [4.69, 9.17) is 0 Å². The van der Waals surface area contributed by atoms with E-state index in [0.29, 0.717) is 17.3 Å². The van der Waals surface area contributed by atoms with E-state index >= 15 is 0 Å². The molecule has 0 atom stereocenters. The maximum Gasteiger partial charge on any atom is 0.347 e. The van der Waals surface area contributed by atoms with Crippen molar-refractivity contribution in [1.82, 2.24) is 14.8 Å². The van der Waals surface area contributed by atoms with Crippen LogP contribution in [0.15, 0.2) is 64.5 Å². The van der Waals surface area contributed by atoms with Crippen LogP contribution in [0.1, 0.15) is 25.8 Å². The molecule has 0 spiro atoms. The van der Waals surface area contributed by atoms with Crippen LogP contribution in [0.3, 0.4) is 0 Å². The molecule has 8 heteroatoms. The Morgan fingerprint density at radius 2 is 1.89 bits per heavy atom. The third-order valence-corrected chi connectivity index (χ3v) is 5.57. The molecular formula is C19H22N4O3S. The first-order valence-corrected chi connectivity index (χ1v) is 10.2. The van der Waals surface area contributed by atoms with Gasteiger partial charge in [0.1, 0.15) is 6.33 Å². The van der Waals surface area contributed by atoms with Crippen LogP contribution in [0.2, 0.25) is 0 Å². The zero-order valence-corrected chi connectivity index (χ0v) is 16.0. The fraction of sp³-hybridized carbons (Fsp3) is 0.263. The van der Waals surface area contributed by atoms with Gasteiger partial charge in [0.15, 0.2) is 0 Å². The highest BCUT2D eigenvalue weighted by molar-refractivity contribution is 7.92. The minimum atomic E-state index is -3.72. The summed E-state index contributed by atoms with van der Waals surface area (Å²) < 4.78 is 29.1. The fourth-order valence-corrected chi connectivity index (χ4v) is 3.71. The molecule has 27 heavy (non-hydrogen) atoms. The standard InChI is InChI=1S/C19H22N4O3S/c1-14(2)6-7-15-8-10-18(11-9-15)27(25,26)22-16-4-3-5-17(12-16)23-13-20-21-19(23)24/h3-5,8-14,22H,6-7H2,1-2H3,(H,21,24). The first-order valence-electron chi connectivity index (χ1n) is 8.69. The summed E-state index contributed by atoms with van der Waals surface area (Å²) in [7, 11) is -3.72. The SMILES string of the molecule is CC(C)CCc1ccc(S(=O)(=O)Nc2cccc(-n3cn[nH]c3=O)c2)cc1. The van der Waals surface area contributed by atoms with Gasteiger partial charge in [0.25, 0.3) is 10.0 Å². The average molecular weight is 386 g/mol. The number of sulfonamides is 1. The molecule has 0 saturated heterocycles. The number of nitrogens with zero attached hydrogens (tertiary/aromatic N) is 2. The molecule has 0 radical (unpaired) electrons. The second-order valence-corrected chi connectivity index (χ2v) is 8.45. The first-order chi connectivity index (χ1) is 12.8. The predicted octanol–water partition coefficient (Wildman–Crippen LogP) is 2.95. The number of aromatic nitrogens is 3. The smallest absolute Gasteiger partial charge is 0.280 e. The third kappa shape index (κ3) is 4.65. The zero-order valence-electron chi connectivity index (χ0n) is 15.2. The molecule has 0 saturated carbocycles. The maximum atomic E-state index is 12.6. The highest BCUT2D eigenvalue weighted by atomic mass is 32.2. The lowest BCUT2D eigenvalue weighted by molar-refractivity contribution is 0.586. The molecule has 2 aromatic carbocycles. The molecule has 2 N–H and O–H groups in total. The Balaban J connectivity index is 1.78. The van der Waals surface area contributed by atoms with Crippen molar-refractivity contribution in [2.75, 3.05) is 4.72 Å². The number of nitrogens with one attached hydrogen (secondary N) is 2. The molecule has 0 aliphatic heterocycles. The normalized spacial score (nSPS) is 11.7. The van der Waals surface area contributed by atoms with Crippen molar-refractivity contribution >= 4 is 15.7 Å². The van der Waals surface area contributed by atoms with E-state index in [1.54, 1.807) is 36.4 Å². The number of aromatic amines is 1. The van der Waals surface area contributed by atoms with Crippen molar-refractivity contribution < 1.29 is 8.42 Å². The summed E-state index contributed by atoms with van der Waals surface area (Å²) >= 11 is 0. The van der Waals surface area contributed by atoms with Crippen molar-refractivity contribution in [3.63, 3.8) is 0 Å². The highest BCUT2D eigenvalue weighted by Gasteiger charge is 2.14. The van der Waals surface area contributed by atoms with Crippen molar-refractivity contribution in [2.45, 2.75) is 31.6 Å². The molecule has 1 heterocycles. The highest BCUT2D eigenvalue weighted by Crippen LogP contribution is 2.19. The molecule has 3 rings (SSSR count). The zero-order chi connectivity index (χ0) is 19.4. The lowest BCUT2D eigenvalue weighted by Crippen LogP contribution is -2.15. The topological polar surface area (TPSA) is 96.8 Å². The van der Waals surface area contributed by atoms with Crippen LogP contribution in [0.5, 0.6) is 0 Å². The van der Waals surface area contributed by atoms with Crippen LogP contribution in [0, 0.1) is 5.92 Å². The van der Waals surface area contributed by atoms with Gasteiger partial charge in [-0.3, -0.25) is 4.72 Å². The second kappa shape index (κ2) is 7.79. The van der Waals surface area contributed by atoms with Crippen molar-refractivity contribution in [3.05, 3.63) is 70.9 Å². The molecule has 0 amide bonds. The monoisotopic (exact) mass is 386 g/mol. The Hall–Kier alpha value is -2.87. The first kappa shape index (κ1) is 18.9. The lowest BCUT2D eigenvalue weighted by Gasteiger charge is -2.10. The second-order valence-electron chi connectivity index (χ2n) is 6.76. The van der Waals surface area contributed by atoms with Gasteiger partial charge in [0.05, 0.1) is 16.3 Å². The number of benzene rings is 2. The molecule has 0 fully saturated rings. The number of hydrogen-bond acceptors (Lipinski definition) is 4. The molecule has 142 valence electrons. The number of H-pyrrole nitrogens is 1. The van der Waals surface area contributed by atoms with Gasteiger partial charge >= 0.3 is 5.69 Å². The van der Waals surface area contributed by atoms with E-state index in [0.717, 1.165) is 18.4 Å². The average Bonchev–Trinajstić information content (AvgIpc) is 3.06. The van der Waals surface area contributed by atoms with Gasteiger partial charge in [-0.1, -0.05) is 32.0 Å². The Bertz CT molecular complexity index is 1070. The minimum Gasteiger partial charge on any atom is -0.280 e. The number of aryl methyl sites for hydroxylation is 1. The van der Waals surface area contributed by atoms with E-state index < -0.39 is 15.7 Å². The van der Waals surface area contributed by atoms with Gasteiger partial charge in [-0.05, 0) is 54.7 Å². The Morgan fingerprint density at radius 1 is 1.15 bits per heavy atom. The van der Waals surface area contributed by atoms with E-state index in [1.807, 2.05) is 12.1 Å². The van der Waals surface area contributed by atoms with Crippen molar-refractivity contribution in [2.24, 2.45) is 5.92 Å². The molecule has 0 unspecified atom stereocenters. The summed E-state index contributed by atoms with van der Waals surface area (Å²) in [5.74, 6) is 0.602. The van der Waals surface area contributed by atoms with Crippen LogP contribution in [-0.4, -0.2) is 23.2 Å². The fourth-order valence-electron chi connectivity index (χ4n) is 2.66. The van der Waals surface area contributed by atoms with Gasteiger partial charge < -0.3 is 0 Å². The Morgan fingerprint density at radius 3 is 2.52 bits per heavy atom. The quantitative estimate of drug-likeness (QED) is 0.652. The van der Waals surface area contributed by atoms with Crippen LogP contribution in [0.25, 0.3) is 5.69 Å². The van der Waals surface area contributed by atoms with Crippen molar-refractivity contribution in [1.29, 1.82) is 0 Å². The summed E-state index contributed by atoms with van der Waals surface area (Å²) in [4.78, 5) is 11.9. The third-order valence-electron chi connectivity index (χ3n) is 4.17. The van der Waals surface area contributed by atoms with Gasteiger partial charge in [-0.2, -0.15) is 5.10 Å². The predicted molar refractivity (Wildman–Crippen MR) is 105 cm³/mol. The van der Waals surface area contributed by atoms with Crippen LogP contribution in [-0.2, 0) is 16.4 Å². The van der Waals surface area contributed by atoms with Gasteiger partial charge in [0.2, 0.25) is 0 Å².